The fourth-order valence-corrected chi connectivity index (χ4v) is 1.58. The molecule has 1 aromatic heterocycles. The van der Waals surface area contributed by atoms with Crippen molar-refractivity contribution in [1.29, 1.82) is 0 Å². The highest BCUT2D eigenvalue weighted by Gasteiger charge is 1.95. The maximum Gasteiger partial charge on any atom is 0.125 e. The number of pyridine rings is 1. The molecule has 4 heteroatoms. The lowest BCUT2D eigenvalue weighted by atomic mass is 10.4. The Balaban J connectivity index is 2.46. The number of nitrogens with one attached hydrogen (secondary N) is 1. The average Bonchev–Trinajstić information content (AvgIpc) is 2.19. The van der Waals surface area contributed by atoms with Gasteiger partial charge < -0.3 is 10.4 Å². The number of nitrogens with zero attached hydrogens (tertiary/aromatic N) is 1. The summed E-state index contributed by atoms with van der Waals surface area (Å²) in [5.74, 6) is 2.52. The summed E-state index contributed by atoms with van der Waals surface area (Å²) in [6, 6.07) is 5.90. The van der Waals surface area contributed by atoms with Crippen LogP contribution in [-0.4, -0.2) is 29.5 Å². The average molecular weight is 198 g/mol. The van der Waals surface area contributed by atoms with Gasteiger partial charge in [-0.15, -0.1) is 0 Å². The van der Waals surface area contributed by atoms with E-state index in [0.717, 1.165) is 23.0 Å². The monoisotopic (exact) mass is 198 g/mol. The second kappa shape index (κ2) is 5.83. The Morgan fingerprint density at radius 2 is 2.38 bits per heavy atom. The van der Waals surface area contributed by atoms with Crippen LogP contribution in [0.5, 0.6) is 0 Å². The van der Waals surface area contributed by atoms with Crippen molar-refractivity contribution in [3.8, 4) is 0 Å². The van der Waals surface area contributed by atoms with Crippen molar-refractivity contribution in [1.82, 2.24) is 4.98 Å². The van der Waals surface area contributed by atoms with E-state index in [1.54, 1.807) is 11.8 Å². The lowest BCUT2D eigenvalue weighted by molar-refractivity contribution is 0.322. The van der Waals surface area contributed by atoms with Crippen LogP contribution in [0.4, 0.5) is 5.82 Å². The quantitative estimate of drug-likeness (QED) is 0.701. The van der Waals surface area contributed by atoms with Gasteiger partial charge in [0.05, 0.1) is 12.3 Å². The number of thioether (sulfide) groups is 1. The van der Waals surface area contributed by atoms with Crippen LogP contribution < -0.4 is 5.32 Å². The largest absolute Gasteiger partial charge is 0.396 e. The molecule has 72 valence electrons. The van der Waals surface area contributed by atoms with Crippen molar-refractivity contribution in [2.45, 2.75) is 5.75 Å². The predicted molar refractivity (Wildman–Crippen MR) is 57.0 cm³/mol. The molecule has 1 aromatic rings. The maximum absolute atomic E-state index is 8.59. The molecule has 13 heavy (non-hydrogen) atoms. The van der Waals surface area contributed by atoms with E-state index in [-0.39, 0.29) is 6.61 Å². The summed E-state index contributed by atoms with van der Waals surface area (Å²) in [7, 11) is 1.85. The lowest BCUT2D eigenvalue weighted by Crippen LogP contribution is -1.95. The molecule has 0 saturated carbocycles. The molecule has 2 N–H and O–H groups in total. The fourth-order valence-electron chi connectivity index (χ4n) is 0.940. The molecule has 0 aliphatic carbocycles. The molecule has 0 spiro atoms. The molecule has 1 heterocycles. The highest BCUT2D eigenvalue weighted by atomic mass is 32.2. The highest BCUT2D eigenvalue weighted by molar-refractivity contribution is 7.98. The first-order valence-corrected chi connectivity index (χ1v) is 5.34. The van der Waals surface area contributed by atoms with Gasteiger partial charge in [0.25, 0.3) is 0 Å². The molecular weight excluding hydrogens is 184 g/mol. The summed E-state index contributed by atoms with van der Waals surface area (Å²) in [4.78, 5) is 4.35. The number of aromatic nitrogens is 1. The molecule has 3 nitrogen and oxygen atoms in total. The zero-order valence-corrected chi connectivity index (χ0v) is 8.47. The number of aliphatic hydroxyl groups excluding tert-OH is 1. The molecule has 0 radical (unpaired) electrons. The van der Waals surface area contributed by atoms with E-state index in [2.05, 4.69) is 10.3 Å². The van der Waals surface area contributed by atoms with Crippen LogP contribution in [0.15, 0.2) is 18.2 Å². The van der Waals surface area contributed by atoms with Gasteiger partial charge in [0, 0.05) is 18.6 Å². The van der Waals surface area contributed by atoms with Crippen LogP contribution in [0.25, 0.3) is 0 Å². The fraction of sp³-hybridized carbons (Fsp3) is 0.444. The van der Waals surface area contributed by atoms with Crippen molar-refractivity contribution in [2.24, 2.45) is 0 Å². The minimum absolute atomic E-state index is 0.233. The van der Waals surface area contributed by atoms with Crippen molar-refractivity contribution < 1.29 is 5.11 Å². The second-order valence-electron chi connectivity index (χ2n) is 2.54. The summed E-state index contributed by atoms with van der Waals surface area (Å²) in [6.45, 7) is 0.233. The standard InChI is InChI=1S/C9H14N2OS/c1-10-9-4-2-3-8(11-9)7-13-6-5-12/h2-4,12H,5-7H2,1H3,(H,10,11). The Morgan fingerprint density at radius 3 is 3.08 bits per heavy atom. The maximum atomic E-state index is 8.59. The van der Waals surface area contributed by atoms with Crippen molar-refractivity contribution in [2.75, 3.05) is 24.7 Å². The number of anilines is 1. The first kappa shape index (κ1) is 10.3. The Hall–Kier alpha value is -0.740. The highest BCUT2D eigenvalue weighted by Crippen LogP contribution is 2.11. The number of hydrogen-bond acceptors (Lipinski definition) is 4. The SMILES string of the molecule is CNc1cccc(CSCCO)n1. The first-order chi connectivity index (χ1) is 6.36. The molecule has 1 rings (SSSR count). The normalized spacial score (nSPS) is 10.0. The van der Waals surface area contributed by atoms with E-state index in [0.29, 0.717) is 0 Å². The van der Waals surface area contributed by atoms with Crippen LogP contribution in [0, 0.1) is 0 Å². The Bertz CT molecular complexity index is 255. The molecule has 0 bridgehead atoms. The van der Waals surface area contributed by atoms with E-state index in [4.69, 9.17) is 5.11 Å². The Labute approximate surface area is 82.6 Å². The van der Waals surface area contributed by atoms with E-state index in [1.165, 1.54) is 0 Å². The van der Waals surface area contributed by atoms with Gasteiger partial charge in [-0.3, -0.25) is 0 Å². The molecule has 0 aliphatic rings. The van der Waals surface area contributed by atoms with Crippen molar-refractivity contribution in [3.05, 3.63) is 23.9 Å². The predicted octanol–water partition coefficient (Wildman–Crippen LogP) is 1.35. The van der Waals surface area contributed by atoms with Crippen LogP contribution >= 0.6 is 11.8 Å². The summed E-state index contributed by atoms with van der Waals surface area (Å²) in [5.41, 5.74) is 1.05. The van der Waals surface area contributed by atoms with Gasteiger partial charge in [0.2, 0.25) is 0 Å². The summed E-state index contributed by atoms with van der Waals surface area (Å²) in [5, 5.41) is 11.6. The van der Waals surface area contributed by atoms with Gasteiger partial charge in [-0.1, -0.05) is 6.07 Å². The summed E-state index contributed by atoms with van der Waals surface area (Å²) < 4.78 is 0. The number of rotatable bonds is 5. The molecule has 0 atom stereocenters. The van der Waals surface area contributed by atoms with Gasteiger partial charge >= 0.3 is 0 Å². The first-order valence-electron chi connectivity index (χ1n) is 4.19. The zero-order chi connectivity index (χ0) is 9.52. The van der Waals surface area contributed by atoms with Gasteiger partial charge in [0.15, 0.2) is 0 Å². The molecular formula is C9H14N2OS. The second-order valence-corrected chi connectivity index (χ2v) is 3.65. The van der Waals surface area contributed by atoms with Gasteiger partial charge in [-0.2, -0.15) is 11.8 Å². The van der Waals surface area contributed by atoms with Crippen molar-refractivity contribution in [3.63, 3.8) is 0 Å². The van der Waals surface area contributed by atoms with Crippen LogP contribution in [0.2, 0.25) is 0 Å². The molecule has 0 aliphatic heterocycles. The zero-order valence-electron chi connectivity index (χ0n) is 7.66. The van der Waals surface area contributed by atoms with E-state index >= 15 is 0 Å². The third-order valence-electron chi connectivity index (χ3n) is 1.55. The summed E-state index contributed by atoms with van der Waals surface area (Å²) in [6.07, 6.45) is 0. The Kier molecular flexibility index (Phi) is 4.64. The van der Waals surface area contributed by atoms with E-state index < -0.39 is 0 Å². The third-order valence-corrected chi connectivity index (χ3v) is 2.52. The van der Waals surface area contributed by atoms with E-state index in [9.17, 15) is 0 Å². The minimum atomic E-state index is 0.233. The minimum Gasteiger partial charge on any atom is -0.396 e. The van der Waals surface area contributed by atoms with Gasteiger partial charge in [-0.25, -0.2) is 4.98 Å². The van der Waals surface area contributed by atoms with Crippen LogP contribution in [0.1, 0.15) is 5.69 Å². The van der Waals surface area contributed by atoms with Gasteiger partial charge in [-0.05, 0) is 12.1 Å². The van der Waals surface area contributed by atoms with Crippen LogP contribution in [-0.2, 0) is 5.75 Å². The molecule has 0 amide bonds. The topological polar surface area (TPSA) is 45.1 Å². The number of aliphatic hydroxyl groups is 1. The van der Waals surface area contributed by atoms with Crippen molar-refractivity contribution >= 4 is 17.6 Å². The smallest absolute Gasteiger partial charge is 0.125 e. The molecule has 0 fully saturated rings. The lowest BCUT2D eigenvalue weighted by Gasteiger charge is -2.02. The molecule has 0 saturated heterocycles. The van der Waals surface area contributed by atoms with Crippen LogP contribution in [0.3, 0.4) is 0 Å². The molecule has 0 aromatic carbocycles. The number of hydrogen-bond donors (Lipinski definition) is 2. The Morgan fingerprint density at radius 1 is 1.54 bits per heavy atom. The third kappa shape index (κ3) is 3.65. The van der Waals surface area contributed by atoms with E-state index in [1.807, 2.05) is 25.2 Å². The molecule has 0 unspecified atom stereocenters. The summed E-state index contributed by atoms with van der Waals surface area (Å²) >= 11 is 1.69. The van der Waals surface area contributed by atoms with Gasteiger partial charge in [0.1, 0.15) is 5.82 Å².